The number of hydrogen-bond acceptors (Lipinski definition) is 3. The van der Waals surface area contributed by atoms with E-state index in [1.165, 1.54) is 10.1 Å². The molecule has 26 heavy (non-hydrogen) atoms. The van der Waals surface area contributed by atoms with Crippen LogP contribution in [0.5, 0.6) is 0 Å². The standard InChI is InChI=1S/C21H24N2O3/c1-15-9-11-22(20(24)12-15)14-21(25)23-10-5-8-18-17(23)13-19(26-18)16-6-3-2-4-7-16/h2-4,6-7,9,11-12,17-19H,5,8,10,13-14H2,1H3. The number of nitrogens with zero attached hydrogens (tertiary/aromatic N) is 2. The van der Waals surface area contributed by atoms with E-state index in [0.717, 1.165) is 31.4 Å². The third-order valence-corrected chi connectivity index (χ3v) is 5.46. The second-order valence-corrected chi connectivity index (χ2v) is 7.28. The quantitative estimate of drug-likeness (QED) is 0.853. The van der Waals surface area contributed by atoms with Crippen molar-refractivity contribution in [3.8, 4) is 0 Å². The van der Waals surface area contributed by atoms with E-state index in [1.807, 2.05) is 36.1 Å². The van der Waals surface area contributed by atoms with Gasteiger partial charge < -0.3 is 14.2 Å². The minimum absolute atomic E-state index is 0.00275. The zero-order chi connectivity index (χ0) is 18.1. The molecule has 0 radical (unpaired) electrons. The summed E-state index contributed by atoms with van der Waals surface area (Å²) in [6, 6.07) is 13.7. The van der Waals surface area contributed by atoms with Crippen molar-refractivity contribution < 1.29 is 9.53 Å². The Labute approximate surface area is 153 Å². The molecule has 0 N–H and O–H groups in total. The highest BCUT2D eigenvalue weighted by Gasteiger charge is 2.43. The van der Waals surface area contributed by atoms with Crippen LogP contribution in [0.2, 0.25) is 0 Å². The number of amides is 1. The molecule has 5 nitrogen and oxygen atoms in total. The van der Waals surface area contributed by atoms with Crippen molar-refractivity contribution in [2.75, 3.05) is 6.54 Å². The predicted octanol–water partition coefficient (Wildman–Crippen LogP) is 2.68. The van der Waals surface area contributed by atoms with Gasteiger partial charge in [-0.15, -0.1) is 0 Å². The number of piperidine rings is 1. The Kier molecular flexibility index (Phi) is 4.64. The Morgan fingerprint density at radius 1 is 1.23 bits per heavy atom. The summed E-state index contributed by atoms with van der Waals surface area (Å²) in [6.45, 7) is 2.71. The van der Waals surface area contributed by atoms with Gasteiger partial charge in [0.1, 0.15) is 6.54 Å². The number of hydrogen-bond donors (Lipinski definition) is 0. The average Bonchev–Trinajstić information content (AvgIpc) is 3.09. The first-order valence-corrected chi connectivity index (χ1v) is 9.29. The van der Waals surface area contributed by atoms with E-state index in [9.17, 15) is 9.59 Å². The van der Waals surface area contributed by atoms with E-state index in [-0.39, 0.29) is 36.3 Å². The number of carbonyl (C=O) groups excluding carboxylic acids is 1. The first kappa shape index (κ1) is 17.0. The Hall–Kier alpha value is -2.40. The van der Waals surface area contributed by atoms with Crippen LogP contribution in [-0.4, -0.2) is 34.1 Å². The van der Waals surface area contributed by atoms with Crippen LogP contribution in [0.4, 0.5) is 0 Å². The summed E-state index contributed by atoms with van der Waals surface area (Å²) in [5.41, 5.74) is 1.95. The molecule has 1 amide bonds. The van der Waals surface area contributed by atoms with Gasteiger partial charge in [-0.1, -0.05) is 30.3 Å². The van der Waals surface area contributed by atoms with Gasteiger partial charge in [-0.3, -0.25) is 9.59 Å². The number of pyridine rings is 1. The van der Waals surface area contributed by atoms with E-state index in [4.69, 9.17) is 4.74 Å². The van der Waals surface area contributed by atoms with Gasteiger partial charge in [-0.05, 0) is 37.0 Å². The Balaban J connectivity index is 1.49. The predicted molar refractivity (Wildman–Crippen MR) is 98.8 cm³/mol. The number of rotatable bonds is 3. The topological polar surface area (TPSA) is 51.5 Å². The highest BCUT2D eigenvalue weighted by Crippen LogP contribution is 2.39. The third kappa shape index (κ3) is 3.31. The van der Waals surface area contributed by atoms with Crippen LogP contribution in [0, 0.1) is 6.92 Å². The smallest absolute Gasteiger partial charge is 0.251 e. The molecule has 2 aromatic rings. The molecule has 3 heterocycles. The molecule has 2 saturated heterocycles. The molecule has 0 saturated carbocycles. The molecule has 3 atom stereocenters. The number of aryl methyl sites for hydroxylation is 1. The van der Waals surface area contributed by atoms with Gasteiger partial charge in [-0.2, -0.15) is 0 Å². The van der Waals surface area contributed by atoms with Gasteiger partial charge in [0.05, 0.1) is 18.2 Å². The zero-order valence-corrected chi connectivity index (χ0v) is 15.0. The van der Waals surface area contributed by atoms with Crippen LogP contribution in [0.1, 0.15) is 36.5 Å². The second-order valence-electron chi connectivity index (χ2n) is 7.28. The van der Waals surface area contributed by atoms with Crippen molar-refractivity contribution >= 4 is 5.91 Å². The van der Waals surface area contributed by atoms with Crippen LogP contribution in [-0.2, 0) is 16.1 Å². The molecule has 4 rings (SSSR count). The number of ether oxygens (including phenoxy) is 1. The summed E-state index contributed by atoms with van der Waals surface area (Å²) >= 11 is 0. The van der Waals surface area contributed by atoms with Gasteiger partial charge in [0.2, 0.25) is 5.91 Å². The second kappa shape index (κ2) is 7.08. The summed E-state index contributed by atoms with van der Waals surface area (Å²) in [7, 11) is 0. The maximum Gasteiger partial charge on any atom is 0.251 e. The molecule has 1 aromatic carbocycles. The summed E-state index contributed by atoms with van der Waals surface area (Å²) < 4.78 is 7.75. The van der Waals surface area contributed by atoms with E-state index < -0.39 is 0 Å². The van der Waals surface area contributed by atoms with Gasteiger partial charge in [0.25, 0.3) is 5.56 Å². The number of carbonyl (C=O) groups is 1. The van der Waals surface area contributed by atoms with Crippen molar-refractivity contribution in [1.29, 1.82) is 0 Å². The summed E-state index contributed by atoms with van der Waals surface area (Å²) in [5, 5.41) is 0. The fraction of sp³-hybridized carbons (Fsp3) is 0.429. The fourth-order valence-corrected chi connectivity index (χ4v) is 4.11. The maximum atomic E-state index is 12.9. The summed E-state index contributed by atoms with van der Waals surface area (Å²) in [4.78, 5) is 26.9. The SMILES string of the molecule is Cc1ccn(CC(=O)N2CCCC3OC(c4ccccc4)CC32)c(=O)c1. The van der Waals surface area contributed by atoms with Gasteiger partial charge in [-0.25, -0.2) is 0 Å². The van der Waals surface area contributed by atoms with E-state index in [1.54, 1.807) is 12.3 Å². The van der Waals surface area contributed by atoms with Crippen LogP contribution in [0.3, 0.4) is 0 Å². The highest BCUT2D eigenvalue weighted by molar-refractivity contribution is 5.76. The molecule has 0 aliphatic carbocycles. The van der Waals surface area contributed by atoms with Crippen molar-refractivity contribution in [2.45, 2.75) is 51.0 Å². The number of fused-ring (bicyclic) bond motifs is 1. The summed E-state index contributed by atoms with van der Waals surface area (Å²) in [6.07, 6.45) is 4.59. The molecule has 0 bridgehead atoms. The van der Waals surface area contributed by atoms with Crippen LogP contribution < -0.4 is 5.56 Å². The number of aromatic nitrogens is 1. The maximum absolute atomic E-state index is 12.9. The Morgan fingerprint density at radius 3 is 2.81 bits per heavy atom. The van der Waals surface area contributed by atoms with Crippen molar-refractivity contribution in [1.82, 2.24) is 9.47 Å². The molecular weight excluding hydrogens is 328 g/mol. The lowest BCUT2D eigenvalue weighted by Crippen LogP contribution is -2.50. The largest absolute Gasteiger partial charge is 0.368 e. The van der Waals surface area contributed by atoms with Crippen LogP contribution >= 0.6 is 0 Å². The third-order valence-electron chi connectivity index (χ3n) is 5.46. The molecule has 2 aliphatic rings. The number of benzene rings is 1. The lowest BCUT2D eigenvalue weighted by molar-refractivity contribution is -0.137. The molecular formula is C21H24N2O3. The lowest BCUT2D eigenvalue weighted by Gasteiger charge is -2.36. The minimum Gasteiger partial charge on any atom is -0.368 e. The Bertz CT molecular complexity index is 846. The molecule has 5 heteroatoms. The van der Waals surface area contributed by atoms with Crippen molar-refractivity contribution in [2.24, 2.45) is 0 Å². The molecule has 3 unspecified atom stereocenters. The van der Waals surface area contributed by atoms with Crippen LogP contribution in [0.15, 0.2) is 53.5 Å². The molecule has 2 fully saturated rings. The monoisotopic (exact) mass is 352 g/mol. The fourth-order valence-electron chi connectivity index (χ4n) is 4.11. The zero-order valence-electron chi connectivity index (χ0n) is 15.0. The average molecular weight is 352 g/mol. The Morgan fingerprint density at radius 2 is 2.04 bits per heavy atom. The molecule has 0 spiro atoms. The van der Waals surface area contributed by atoms with Crippen molar-refractivity contribution in [3.05, 3.63) is 70.1 Å². The van der Waals surface area contributed by atoms with Gasteiger partial charge in [0.15, 0.2) is 0 Å². The number of likely N-dealkylation sites (tertiary alicyclic amines) is 1. The van der Waals surface area contributed by atoms with E-state index in [2.05, 4.69) is 12.1 Å². The van der Waals surface area contributed by atoms with Crippen molar-refractivity contribution in [3.63, 3.8) is 0 Å². The van der Waals surface area contributed by atoms with E-state index >= 15 is 0 Å². The molecule has 2 aliphatic heterocycles. The normalized spacial score (nSPS) is 25.1. The minimum atomic E-state index is -0.128. The van der Waals surface area contributed by atoms with E-state index in [0.29, 0.717) is 0 Å². The van der Waals surface area contributed by atoms with Gasteiger partial charge in [0, 0.05) is 25.2 Å². The first-order valence-electron chi connectivity index (χ1n) is 9.29. The van der Waals surface area contributed by atoms with Gasteiger partial charge >= 0.3 is 0 Å². The molecule has 136 valence electrons. The first-order chi connectivity index (χ1) is 12.6. The molecule has 1 aromatic heterocycles. The van der Waals surface area contributed by atoms with Crippen LogP contribution in [0.25, 0.3) is 0 Å². The lowest BCUT2D eigenvalue weighted by atomic mass is 9.95. The highest BCUT2D eigenvalue weighted by atomic mass is 16.5. The summed E-state index contributed by atoms with van der Waals surface area (Å²) in [5.74, 6) is 0.00275.